The van der Waals surface area contributed by atoms with E-state index in [2.05, 4.69) is 0 Å². The summed E-state index contributed by atoms with van der Waals surface area (Å²) < 4.78 is 81.7. The first-order chi connectivity index (χ1) is 11.9. The number of hydrogen-bond acceptors (Lipinski definition) is 3. The molecule has 0 aliphatic rings. The number of ether oxygens (including phenoxy) is 1. The van der Waals surface area contributed by atoms with E-state index in [4.69, 9.17) is 4.74 Å². The number of hydrogen-bond donors (Lipinski definition) is 1. The van der Waals surface area contributed by atoms with E-state index in [-0.39, 0.29) is 17.6 Å². The normalized spacial score (nSPS) is 14.6. The van der Waals surface area contributed by atoms with Crippen LogP contribution in [0.4, 0.5) is 26.3 Å². The summed E-state index contributed by atoms with van der Waals surface area (Å²) in [6.07, 6.45) is -9.22. The number of alkyl halides is 6. The number of rotatable bonds is 4. The van der Waals surface area contributed by atoms with Gasteiger partial charge in [-0.1, -0.05) is 12.1 Å². The lowest BCUT2D eigenvalue weighted by atomic mass is 9.95. The van der Waals surface area contributed by atoms with Crippen molar-refractivity contribution in [2.24, 2.45) is 0 Å². The van der Waals surface area contributed by atoms with Crippen LogP contribution in [-0.4, -0.2) is 11.4 Å². The molecule has 0 aliphatic heterocycles. The number of aromatic hydroxyl groups is 1. The Kier molecular flexibility index (Phi) is 4.94. The second kappa shape index (κ2) is 6.54. The maximum absolute atomic E-state index is 12.8. The molecule has 0 aliphatic carbocycles. The summed E-state index contributed by atoms with van der Waals surface area (Å²) in [5.41, 5.74) is -4.38. The van der Waals surface area contributed by atoms with Gasteiger partial charge in [-0.3, -0.25) is 4.79 Å². The lowest BCUT2D eigenvalue weighted by molar-refractivity contribution is -0.139. The first kappa shape index (κ1) is 19.6. The second-order valence-corrected chi connectivity index (χ2v) is 5.58. The lowest BCUT2D eigenvalue weighted by Gasteiger charge is -2.26. The number of halogens is 6. The van der Waals surface area contributed by atoms with Crippen molar-refractivity contribution >= 4 is 6.29 Å². The minimum atomic E-state index is -4.79. The van der Waals surface area contributed by atoms with Crippen LogP contribution in [0.5, 0.6) is 11.5 Å². The van der Waals surface area contributed by atoms with Crippen molar-refractivity contribution in [3.63, 3.8) is 0 Å². The van der Waals surface area contributed by atoms with Crippen LogP contribution >= 0.6 is 0 Å². The van der Waals surface area contributed by atoms with E-state index in [1.54, 1.807) is 0 Å². The first-order valence-corrected chi connectivity index (χ1v) is 7.10. The van der Waals surface area contributed by atoms with Crippen LogP contribution < -0.4 is 4.74 Å². The molecule has 0 radical (unpaired) electrons. The maximum Gasteiger partial charge on any atom is 0.419 e. The molecule has 0 saturated carbocycles. The fraction of sp³-hybridized carbons (Fsp3) is 0.235. The van der Waals surface area contributed by atoms with Gasteiger partial charge in [-0.15, -0.1) is 0 Å². The maximum atomic E-state index is 12.8. The summed E-state index contributed by atoms with van der Waals surface area (Å²) in [6.45, 7) is 1.16. The van der Waals surface area contributed by atoms with Crippen molar-refractivity contribution in [3.05, 3.63) is 59.2 Å². The van der Waals surface area contributed by atoms with Gasteiger partial charge in [-0.2, -0.15) is 26.3 Å². The topological polar surface area (TPSA) is 46.5 Å². The van der Waals surface area contributed by atoms with E-state index in [1.165, 1.54) is 6.07 Å². The molecule has 26 heavy (non-hydrogen) atoms. The molecule has 9 heteroatoms. The highest BCUT2D eigenvalue weighted by atomic mass is 19.4. The van der Waals surface area contributed by atoms with Crippen molar-refractivity contribution in [2.75, 3.05) is 0 Å². The Morgan fingerprint density at radius 1 is 0.923 bits per heavy atom. The van der Waals surface area contributed by atoms with Crippen molar-refractivity contribution in [2.45, 2.75) is 24.9 Å². The van der Waals surface area contributed by atoms with Gasteiger partial charge in [-0.25, -0.2) is 0 Å². The molecule has 140 valence electrons. The standard InChI is InChI=1S/C17H12F6O3/c1-15(9-24,10-3-2-4-11(7-10)16(18,19)20)26-12-5-6-13(14(25)8-12)17(21,22)23/h2-9,25H,1H3. The largest absolute Gasteiger partial charge is 0.507 e. The Balaban J connectivity index is 2.40. The third-order valence-electron chi connectivity index (χ3n) is 3.59. The number of carbonyl (C=O) groups excluding carboxylic acids is 1. The highest BCUT2D eigenvalue weighted by Gasteiger charge is 2.36. The number of carbonyl (C=O) groups is 1. The molecule has 0 saturated heterocycles. The van der Waals surface area contributed by atoms with Crippen molar-refractivity contribution in [3.8, 4) is 11.5 Å². The minimum Gasteiger partial charge on any atom is -0.507 e. The van der Waals surface area contributed by atoms with Crippen molar-refractivity contribution in [1.82, 2.24) is 0 Å². The monoisotopic (exact) mass is 378 g/mol. The van der Waals surface area contributed by atoms with Crippen molar-refractivity contribution < 1.29 is 41.0 Å². The van der Waals surface area contributed by atoms with E-state index in [1.807, 2.05) is 0 Å². The quantitative estimate of drug-likeness (QED) is 0.607. The predicted molar refractivity (Wildman–Crippen MR) is 78.6 cm³/mol. The highest BCUT2D eigenvalue weighted by molar-refractivity contribution is 5.66. The Hall–Kier alpha value is -2.71. The Morgan fingerprint density at radius 2 is 1.54 bits per heavy atom. The minimum absolute atomic E-state index is 0.151. The zero-order valence-corrected chi connectivity index (χ0v) is 13.2. The Labute approximate surface area is 143 Å². The van der Waals surface area contributed by atoms with Crippen molar-refractivity contribution in [1.29, 1.82) is 0 Å². The molecule has 1 unspecified atom stereocenters. The van der Waals surface area contributed by atoms with Gasteiger partial charge in [0.25, 0.3) is 0 Å². The highest BCUT2D eigenvalue weighted by Crippen LogP contribution is 2.39. The summed E-state index contributed by atoms with van der Waals surface area (Å²) >= 11 is 0. The molecule has 1 atom stereocenters. The average molecular weight is 378 g/mol. The number of aldehydes is 1. The van der Waals surface area contributed by atoms with Gasteiger partial charge < -0.3 is 9.84 Å². The molecular formula is C17H12F6O3. The van der Waals surface area contributed by atoms with Crippen LogP contribution in [0.2, 0.25) is 0 Å². The van der Waals surface area contributed by atoms with Crippen LogP contribution in [0, 0.1) is 0 Å². The molecule has 2 aromatic rings. The molecule has 3 nitrogen and oxygen atoms in total. The van der Waals surface area contributed by atoms with Gasteiger partial charge in [0, 0.05) is 11.6 Å². The van der Waals surface area contributed by atoms with Crippen LogP contribution in [-0.2, 0) is 22.7 Å². The van der Waals surface area contributed by atoms with Gasteiger partial charge in [0.05, 0.1) is 11.1 Å². The molecule has 0 spiro atoms. The third-order valence-corrected chi connectivity index (χ3v) is 3.59. The van der Waals surface area contributed by atoms with Gasteiger partial charge >= 0.3 is 12.4 Å². The first-order valence-electron chi connectivity index (χ1n) is 7.10. The molecule has 0 bridgehead atoms. The SMILES string of the molecule is CC(C=O)(Oc1ccc(C(F)(F)F)c(O)c1)c1cccc(C(F)(F)F)c1. The number of benzene rings is 2. The molecule has 0 fully saturated rings. The summed E-state index contributed by atoms with van der Waals surface area (Å²) in [6, 6.07) is 5.84. The van der Waals surface area contributed by atoms with E-state index >= 15 is 0 Å². The van der Waals surface area contributed by atoms with E-state index in [0.717, 1.165) is 25.1 Å². The summed E-state index contributed by atoms with van der Waals surface area (Å²) in [5.74, 6) is -1.45. The molecule has 1 N–H and O–H groups in total. The van der Waals surface area contributed by atoms with Crippen LogP contribution in [0.3, 0.4) is 0 Å². The average Bonchev–Trinajstić information content (AvgIpc) is 2.53. The fourth-order valence-corrected chi connectivity index (χ4v) is 2.21. The Morgan fingerprint density at radius 3 is 2.04 bits per heavy atom. The zero-order chi connectivity index (χ0) is 19.8. The van der Waals surface area contributed by atoms with Crippen LogP contribution in [0.15, 0.2) is 42.5 Å². The van der Waals surface area contributed by atoms with E-state index in [9.17, 15) is 36.2 Å². The zero-order valence-electron chi connectivity index (χ0n) is 13.2. The molecule has 0 amide bonds. The van der Waals surface area contributed by atoms with Crippen LogP contribution in [0.1, 0.15) is 23.6 Å². The molecule has 2 aromatic carbocycles. The van der Waals surface area contributed by atoms with Gasteiger partial charge in [0.15, 0.2) is 11.9 Å². The van der Waals surface area contributed by atoms with Gasteiger partial charge in [0.2, 0.25) is 0 Å². The fourth-order valence-electron chi connectivity index (χ4n) is 2.21. The van der Waals surface area contributed by atoms with Crippen LogP contribution in [0.25, 0.3) is 0 Å². The molecule has 2 rings (SSSR count). The predicted octanol–water partition coefficient (Wildman–Crippen LogP) is 4.92. The smallest absolute Gasteiger partial charge is 0.419 e. The van der Waals surface area contributed by atoms with Gasteiger partial charge in [-0.05, 0) is 31.2 Å². The third kappa shape index (κ3) is 4.09. The molecule has 0 aromatic heterocycles. The summed E-state index contributed by atoms with van der Waals surface area (Å²) in [4.78, 5) is 11.5. The molecule has 0 heterocycles. The second-order valence-electron chi connectivity index (χ2n) is 5.58. The summed E-state index contributed by atoms with van der Waals surface area (Å²) in [7, 11) is 0. The Bertz CT molecular complexity index is 813. The lowest BCUT2D eigenvalue weighted by Crippen LogP contribution is -2.31. The molecular weight excluding hydrogens is 366 g/mol. The number of phenolic OH excluding ortho intramolecular Hbond substituents is 1. The summed E-state index contributed by atoms with van der Waals surface area (Å²) in [5, 5.41) is 9.48. The van der Waals surface area contributed by atoms with E-state index in [0.29, 0.717) is 18.2 Å². The van der Waals surface area contributed by atoms with E-state index < -0.39 is 34.8 Å². The number of phenols is 1. The van der Waals surface area contributed by atoms with Gasteiger partial charge in [0.1, 0.15) is 11.5 Å².